The summed E-state index contributed by atoms with van der Waals surface area (Å²) in [5, 5.41) is 10.3. The van der Waals surface area contributed by atoms with E-state index in [0.717, 1.165) is 4.47 Å². The van der Waals surface area contributed by atoms with Crippen molar-refractivity contribution >= 4 is 59.0 Å². The Morgan fingerprint density at radius 3 is 1.57 bits per heavy atom. The zero-order chi connectivity index (χ0) is 15.4. The van der Waals surface area contributed by atoms with Crippen molar-refractivity contribution in [2.75, 3.05) is 0 Å². The quantitative estimate of drug-likeness (QED) is 0.260. The molecular weight excluding hydrogens is 344 g/mol. The first-order valence-electron chi connectivity index (χ1n) is 7.72. The van der Waals surface area contributed by atoms with E-state index < -0.39 is 0 Å². The third kappa shape index (κ3) is 2.04. The molecule has 23 heavy (non-hydrogen) atoms. The lowest BCUT2D eigenvalue weighted by Gasteiger charge is -2.08. The third-order valence-electron chi connectivity index (χ3n) is 4.60. The topological polar surface area (TPSA) is 0 Å². The fraction of sp³-hybridized carbons (Fsp3) is 0. The van der Waals surface area contributed by atoms with Crippen molar-refractivity contribution in [1.29, 1.82) is 0 Å². The second-order valence-electron chi connectivity index (χ2n) is 6.06. The number of fused-ring (bicyclic) bond motifs is 4. The molecule has 0 aliphatic carbocycles. The molecule has 0 radical (unpaired) electrons. The van der Waals surface area contributed by atoms with Gasteiger partial charge in [0.15, 0.2) is 0 Å². The number of hydrogen-bond donors (Lipinski definition) is 0. The minimum atomic E-state index is 1.15. The maximum absolute atomic E-state index is 3.66. The largest absolute Gasteiger partial charge is 0.0616 e. The van der Waals surface area contributed by atoms with Crippen molar-refractivity contribution in [3.05, 3.63) is 83.3 Å². The summed E-state index contributed by atoms with van der Waals surface area (Å²) in [7, 11) is 0. The first-order chi connectivity index (χ1) is 11.3. The van der Waals surface area contributed by atoms with Crippen molar-refractivity contribution in [2.45, 2.75) is 0 Å². The summed E-state index contributed by atoms with van der Waals surface area (Å²) in [5.41, 5.74) is 0. The van der Waals surface area contributed by atoms with Crippen LogP contribution in [0.4, 0.5) is 0 Å². The summed E-state index contributed by atoms with van der Waals surface area (Å²) < 4.78 is 1.15. The molecule has 0 nitrogen and oxygen atoms in total. The number of rotatable bonds is 0. The van der Waals surface area contributed by atoms with E-state index in [4.69, 9.17) is 0 Å². The third-order valence-corrected chi connectivity index (χ3v) is 5.30. The Hall–Kier alpha value is -2.38. The summed E-state index contributed by atoms with van der Waals surface area (Å²) in [6.07, 6.45) is 0. The van der Waals surface area contributed by atoms with Crippen molar-refractivity contribution in [3.63, 3.8) is 0 Å². The SMILES string of the molecule is Brc1cccc2cc3cc4cc5ccccc5cc4cc3cc12. The fourth-order valence-electron chi connectivity index (χ4n) is 3.43. The molecule has 0 unspecified atom stereocenters. The van der Waals surface area contributed by atoms with Gasteiger partial charge in [0.05, 0.1) is 0 Å². The Kier molecular flexibility index (Phi) is 2.74. The molecule has 0 aromatic heterocycles. The molecule has 0 spiro atoms. The first-order valence-corrected chi connectivity index (χ1v) is 8.52. The van der Waals surface area contributed by atoms with E-state index in [0.29, 0.717) is 0 Å². The number of benzene rings is 5. The monoisotopic (exact) mass is 356 g/mol. The predicted octanol–water partition coefficient (Wildman–Crippen LogP) is 7.06. The van der Waals surface area contributed by atoms with Crippen LogP contribution in [0.3, 0.4) is 0 Å². The van der Waals surface area contributed by atoms with E-state index in [1.165, 1.54) is 43.1 Å². The summed E-state index contributed by atoms with van der Waals surface area (Å²) in [5.74, 6) is 0. The molecule has 5 aromatic carbocycles. The van der Waals surface area contributed by atoms with Crippen molar-refractivity contribution in [3.8, 4) is 0 Å². The van der Waals surface area contributed by atoms with Gasteiger partial charge in [-0.2, -0.15) is 0 Å². The highest BCUT2D eigenvalue weighted by molar-refractivity contribution is 9.10. The summed E-state index contributed by atoms with van der Waals surface area (Å²) in [6.45, 7) is 0. The molecule has 0 fully saturated rings. The molecule has 0 atom stereocenters. The van der Waals surface area contributed by atoms with Gasteiger partial charge in [-0.05, 0) is 85.6 Å². The lowest BCUT2D eigenvalue weighted by molar-refractivity contribution is 1.74. The smallest absolute Gasteiger partial charge is 0.0253 e. The van der Waals surface area contributed by atoms with Gasteiger partial charge in [0.25, 0.3) is 0 Å². The van der Waals surface area contributed by atoms with E-state index in [1.807, 2.05) is 0 Å². The van der Waals surface area contributed by atoms with Crippen LogP contribution in [0.15, 0.2) is 83.3 Å². The second kappa shape index (κ2) is 4.81. The maximum Gasteiger partial charge on any atom is 0.0253 e. The van der Waals surface area contributed by atoms with Crippen LogP contribution in [-0.4, -0.2) is 0 Å². The molecule has 0 aliphatic heterocycles. The van der Waals surface area contributed by atoms with Gasteiger partial charge in [0.1, 0.15) is 0 Å². The van der Waals surface area contributed by atoms with Crippen molar-refractivity contribution in [2.24, 2.45) is 0 Å². The van der Waals surface area contributed by atoms with Crippen LogP contribution < -0.4 is 0 Å². The van der Waals surface area contributed by atoms with Crippen LogP contribution in [-0.2, 0) is 0 Å². The minimum absolute atomic E-state index is 1.15. The fourth-order valence-corrected chi connectivity index (χ4v) is 3.93. The second-order valence-corrected chi connectivity index (χ2v) is 6.91. The number of halogens is 1. The molecule has 5 rings (SSSR count). The molecule has 108 valence electrons. The summed E-state index contributed by atoms with van der Waals surface area (Å²) >= 11 is 3.66. The van der Waals surface area contributed by atoms with Gasteiger partial charge in [-0.15, -0.1) is 0 Å². The van der Waals surface area contributed by atoms with Crippen LogP contribution >= 0.6 is 15.9 Å². The van der Waals surface area contributed by atoms with Gasteiger partial charge in [-0.25, -0.2) is 0 Å². The highest BCUT2D eigenvalue weighted by Crippen LogP contribution is 2.32. The van der Waals surface area contributed by atoms with Crippen molar-refractivity contribution in [1.82, 2.24) is 0 Å². The van der Waals surface area contributed by atoms with E-state index in [2.05, 4.69) is 94.8 Å². The molecule has 0 saturated heterocycles. The highest BCUT2D eigenvalue weighted by atomic mass is 79.9. The van der Waals surface area contributed by atoms with Crippen LogP contribution in [0.1, 0.15) is 0 Å². The van der Waals surface area contributed by atoms with Crippen LogP contribution in [0.25, 0.3) is 43.1 Å². The molecule has 0 N–H and O–H groups in total. The first kappa shape index (κ1) is 13.1. The maximum atomic E-state index is 3.66. The van der Waals surface area contributed by atoms with E-state index in [-0.39, 0.29) is 0 Å². The summed E-state index contributed by atoms with van der Waals surface area (Å²) in [6, 6.07) is 28.6. The van der Waals surface area contributed by atoms with Crippen LogP contribution in [0.5, 0.6) is 0 Å². The molecule has 0 aliphatic rings. The standard InChI is InChI=1S/C22H13Br/c23-22-7-3-6-16-10-19-11-17-8-14-4-1-2-5-15(14)9-18(17)12-20(19)13-21(16)22/h1-13H. The van der Waals surface area contributed by atoms with Crippen LogP contribution in [0.2, 0.25) is 0 Å². The molecule has 0 saturated carbocycles. The zero-order valence-corrected chi connectivity index (χ0v) is 14.0. The van der Waals surface area contributed by atoms with Gasteiger partial charge < -0.3 is 0 Å². The molecule has 0 heterocycles. The van der Waals surface area contributed by atoms with Gasteiger partial charge in [-0.1, -0.05) is 52.3 Å². The molecule has 0 bridgehead atoms. The number of hydrogen-bond acceptors (Lipinski definition) is 0. The average Bonchev–Trinajstić information content (AvgIpc) is 2.57. The van der Waals surface area contributed by atoms with E-state index in [9.17, 15) is 0 Å². The Morgan fingerprint density at radius 1 is 0.435 bits per heavy atom. The lowest BCUT2D eigenvalue weighted by Crippen LogP contribution is -1.81. The zero-order valence-electron chi connectivity index (χ0n) is 12.4. The van der Waals surface area contributed by atoms with Gasteiger partial charge >= 0.3 is 0 Å². The van der Waals surface area contributed by atoms with Gasteiger partial charge in [0, 0.05) is 4.47 Å². The predicted molar refractivity (Wildman–Crippen MR) is 104 cm³/mol. The molecular formula is C22H13Br. The molecule has 0 amide bonds. The summed E-state index contributed by atoms with van der Waals surface area (Å²) in [4.78, 5) is 0. The molecule has 5 aromatic rings. The average molecular weight is 357 g/mol. The Labute approximate surface area is 142 Å². The Bertz CT molecular complexity index is 1220. The lowest BCUT2D eigenvalue weighted by atomic mass is 9.97. The highest BCUT2D eigenvalue weighted by Gasteiger charge is 2.04. The van der Waals surface area contributed by atoms with Gasteiger partial charge in [0.2, 0.25) is 0 Å². The van der Waals surface area contributed by atoms with Gasteiger partial charge in [-0.3, -0.25) is 0 Å². The Balaban J connectivity index is 1.93. The minimum Gasteiger partial charge on any atom is -0.0616 e. The van der Waals surface area contributed by atoms with E-state index in [1.54, 1.807) is 0 Å². The molecule has 1 heteroatoms. The normalized spacial score (nSPS) is 11.7. The van der Waals surface area contributed by atoms with Crippen molar-refractivity contribution < 1.29 is 0 Å². The van der Waals surface area contributed by atoms with Crippen LogP contribution in [0, 0.1) is 0 Å². The Morgan fingerprint density at radius 2 is 0.913 bits per heavy atom. The van der Waals surface area contributed by atoms with E-state index >= 15 is 0 Å².